The Morgan fingerprint density at radius 2 is 1.96 bits per heavy atom. The molecule has 0 aliphatic carbocycles. The van der Waals surface area contributed by atoms with Crippen molar-refractivity contribution in [2.75, 3.05) is 14.2 Å². The lowest BCUT2D eigenvalue weighted by Crippen LogP contribution is -2.17. The van der Waals surface area contributed by atoms with E-state index in [2.05, 4.69) is 10.5 Å². The summed E-state index contributed by atoms with van der Waals surface area (Å²) in [5, 5.41) is 14.7. The smallest absolute Gasteiger partial charge is 0.272 e. The zero-order valence-electron chi connectivity index (χ0n) is 14.0. The molecule has 25 heavy (non-hydrogen) atoms. The van der Waals surface area contributed by atoms with E-state index in [1.54, 1.807) is 32.2 Å². The number of aryl methyl sites for hydroxylation is 1. The summed E-state index contributed by atoms with van der Waals surface area (Å²) in [5.41, 5.74) is 3.68. The van der Waals surface area contributed by atoms with E-state index in [0.717, 1.165) is 0 Å². The quantitative estimate of drug-likeness (QED) is 0.493. The maximum absolute atomic E-state index is 12.1. The van der Waals surface area contributed by atoms with Gasteiger partial charge in [0.1, 0.15) is 11.5 Å². The molecule has 1 N–H and O–H groups in total. The third kappa shape index (κ3) is 4.31. The lowest BCUT2D eigenvalue weighted by molar-refractivity contribution is -0.385. The molecule has 0 saturated carbocycles. The molecule has 0 heterocycles. The second-order valence-corrected chi connectivity index (χ2v) is 5.07. The van der Waals surface area contributed by atoms with E-state index in [9.17, 15) is 14.9 Å². The first-order valence-electron chi connectivity index (χ1n) is 7.26. The fourth-order valence-electron chi connectivity index (χ4n) is 2.15. The highest BCUT2D eigenvalue weighted by atomic mass is 16.6. The molecule has 2 aromatic rings. The van der Waals surface area contributed by atoms with Crippen molar-refractivity contribution in [2.24, 2.45) is 5.10 Å². The molecule has 8 nitrogen and oxygen atoms in total. The molecule has 1 amide bonds. The van der Waals surface area contributed by atoms with Crippen LogP contribution in [0.3, 0.4) is 0 Å². The minimum atomic E-state index is -0.495. The Morgan fingerprint density at radius 1 is 1.20 bits per heavy atom. The normalized spacial score (nSPS) is 10.5. The number of methoxy groups -OCH3 is 2. The zero-order chi connectivity index (χ0) is 18.4. The number of amides is 1. The van der Waals surface area contributed by atoms with Crippen LogP contribution in [0.1, 0.15) is 21.5 Å². The largest absolute Gasteiger partial charge is 0.497 e. The number of hydrogen-bond acceptors (Lipinski definition) is 6. The summed E-state index contributed by atoms with van der Waals surface area (Å²) in [6.07, 6.45) is 1.44. The number of nitrogens with one attached hydrogen (secondary N) is 1. The fraction of sp³-hybridized carbons (Fsp3) is 0.176. The number of benzene rings is 2. The van der Waals surface area contributed by atoms with Gasteiger partial charge in [-0.15, -0.1) is 0 Å². The van der Waals surface area contributed by atoms with Gasteiger partial charge in [0.2, 0.25) is 0 Å². The molecule has 0 fully saturated rings. The Morgan fingerprint density at radius 3 is 2.56 bits per heavy atom. The molecule has 2 aromatic carbocycles. The van der Waals surface area contributed by atoms with Gasteiger partial charge in [-0.1, -0.05) is 0 Å². The fourth-order valence-corrected chi connectivity index (χ4v) is 2.15. The van der Waals surface area contributed by atoms with Crippen molar-refractivity contribution in [3.05, 3.63) is 63.2 Å². The number of nitrogens with zero attached hydrogens (tertiary/aromatic N) is 2. The Balaban J connectivity index is 2.10. The predicted molar refractivity (Wildman–Crippen MR) is 92.4 cm³/mol. The molecule has 0 bridgehead atoms. The molecular formula is C17H17N3O5. The van der Waals surface area contributed by atoms with E-state index < -0.39 is 10.8 Å². The highest BCUT2D eigenvalue weighted by Gasteiger charge is 2.13. The topological polar surface area (TPSA) is 103 Å². The third-order valence-electron chi connectivity index (χ3n) is 3.47. The van der Waals surface area contributed by atoms with Gasteiger partial charge in [0.05, 0.1) is 25.4 Å². The molecule has 0 aliphatic rings. The molecule has 0 saturated heterocycles. The Labute approximate surface area is 144 Å². The monoisotopic (exact) mass is 343 g/mol. The number of carbonyl (C=O) groups is 1. The van der Waals surface area contributed by atoms with Crippen LogP contribution in [0.2, 0.25) is 0 Å². The molecule has 2 rings (SSSR count). The maximum atomic E-state index is 12.1. The SMILES string of the molecule is COc1ccc(C=NNC(=O)c2ccc([N+](=O)[O-])c(C)c2)c(OC)c1. The van der Waals surface area contributed by atoms with Gasteiger partial charge in [-0.2, -0.15) is 5.10 Å². The molecule has 0 aromatic heterocycles. The van der Waals surface area contributed by atoms with Gasteiger partial charge in [0.15, 0.2) is 0 Å². The van der Waals surface area contributed by atoms with Gasteiger partial charge < -0.3 is 9.47 Å². The Hall–Kier alpha value is -3.42. The summed E-state index contributed by atoms with van der Waals surface area (Å²) >= 11 is 0. The van der Waals surface area contributed by atoms with Gasteiger partial charge >= 0.3 is 0 Å². The first-order chi connectivity index (χ1) is 12.0. The summed E-state index contributed by atoms with van der Waals surface area (Å²) < 4.78 is 10.3. The Kier molecular flexibility index (Phi) is 5.67. The first kappa shape index (κ1) is 17.9. The number of nitro groups is 1. The zero-order valence-corrected chi connectivity index (χ0v) is 14.0. The lowest BCUT2D eigenvalue weighted by Gasteiger charge is -2.07. The van der Waals surface area contributed by atoms with Crippen LogP contribution in [-0.2, 0) is 0 Å². The van der Waals surface area contributed by atoms with Crippen LogP contribution in [0.25, 0.3) is 0 Å². The van der Waals surface area contributed by atoms with Gasteiger partial charge in [-0.25, -0.2) is 5.43 Å². The second kappa shape index (κ2) is 7.91. The molecule has 0 radical (unpaired) electrons. The number of carbonyl (C=O) groups excluding carboxylic acids is 1. The average molecular weight is 343 g/mol. The van der Waals surface area contributed by atoms with Gasteiger partial charge in [-0.3, -0.25) is 14.9 Å². The van der Waals surface area contributed by atoms with Crippen molar-refractivity contribution in [3.8, 4) is 11.5 Å². The number of ether oxygens (including phenoxy) is 2. The standard InChI is InChI=1S/C17H17N3O5/c1-11-8-12(5-7-15(11)20(22)23)17(21)19-18-10-13-4-6-14(24-2)9-16(13)25-3/h4-10H,1-3H3,(H,19,21). The van der Waals surface area contributed by atoms with E-state index >= 15 is 0 Å². The summed E-state index contributed by atoms with van der Waals surface area (Å²) in [6.45, 7) is 1.57. The number of rotatable bonds is 6. The highest BCUT2D eigenvalue weighted by molar-refractivity contribution is 5.95. The predicted octanol–water partition coefficient (Wildman–Crippen LogP) is 2.68. The van der Waals surface area contributed by atoms with E-state index in [1.807, 2.05) is 0 Å². The third-order valence-corrected chi connectivity index (χ3v) is 3.47. The van der Waals surface area contributed by atoms with Crippen LogP contribution in [0.5, 0.6) is 11.5 Å². The van der Waals surface area contributed by atoms with Crippen molar-refractivity contribution in [2.45, 2.75) is 6.92 Å². The van der Waals surface area contributed by atoms with E-state index in [1.165, 1.54) is 31.5 Å². The summed E-state index contributed by atoms with van der Waals surface area (Å²) in [6, 6.07) is 9.29. The van der Waals surface area contributed by atoms with Crippen molar-refractivity contribution in [3.63, 3.8) is 0 Å². The van der Waals surface area contributed by atoms with Crippen molar-refractivity contribution in [1.29, 1.82) is 0 Å². The van der Waals surface area contributed by atoms with Crippen molar-refractivity contribution >= 4 is 17.8 Å². The van der Waals surface area contributed by atoms with Crippen LogP contribution >= 0.6 is 0 Å². The van der Waals surface area contributed by atoms with E-state index in [0.29, 0.717) is 22.6 Å². The van der Waals surface area contributed by atoms with E-state index in [4.69, 9.17) is 9.47 Å². The molecule has 0 unspecified atom stereocenters. The van der Waals surface area contributed by atoms with Gasteiger partial charge in [0.25, 0.3) is 11.6 Å². The average Bonchev–Trinajstić information content (AvgIpc) is 2.61. The molecule has 0 atom stereocenters. The lowest BCUT2D eigenvalue weighted by atomic mass is 10.1. The molecule has 0 spiro atoms. The second-order valence-electron chi connectivity index (χ2n) is 5.07. The van der Waals surface area contributed by atoms with Crippen LogP contribution in [0.4, 0.5) is 5.69 Å². The van der Waals surface area contributed by atoms with Crippen LogP contribution in [0, 0.1) is 17.0 Å². The van der Waals surface area contributed by atoms with Crippen LogP contribution in [0.15, 0.2) is 41.5 Å². The minimum Gasteiger partial charge on any atom is -0.497 e. The van der Waals surface area contributed by atoms with Crippen molar-refractivity contribution < 1.29 is 19.2 Å². The minimum absolute atomic E-state index is 0.0389. The molecular weight excluding hydrogens is 326 g/mol. The highest BCUT2D eigenvalue weighted by Crippen LogP contribution is 2.23. The number of hydrazone groups is 1. The summed E-state index contributed by atoms with van der Waals surface area (Å²) in [4.78, 5) is 22.4. The maximum Gasteiger partial charge on any atom is 0.272 e. The van der Waals surface area contributed by atoms with Crippen molar-refractivity contribution in [1.82, 2.24) is 5.43 Å². The molecule has 0 aliphatic heterocycles. The molecule has 8 heteroatoms. The molecule has 130 valence electrons. The first-order valence-corrected chi connectivity index (χ1v) is 7.26. The van der Waals surface area contributed by atoms with E-state index in [-0.39, 0.29) is 11.3 Å². The number of hydrogen-bond donors (Lipinski definition) is 1. The summed E-state index contributed by atoms with van der Waals surface area (Å²) in [7, 11) is 3.07. The van der Waals surface area contributed by atoms with Crippen LogP contribution in [-0.4, -0.2) is 31.3 Å². The number of nitro benzene ring substituents is 1. The summed E-state index contributed by atoms with van der Waals surface area (Å²) in [5.74, 6) is 0.713. The van der Waals surface area contributed by atoms with Crippen LogP contribution < -0.4 is 14.9 Å². The van der Waals surface area contributed by atoms with Gasteiger partial charge in [0, 0.05) is 28.8 Å². The Bertz CT molecular complexity index is 833. The van der Waals surface area contributed by atoms with Gasteiger partial charge in [-0.05, 0) is 31.2 Å².